The van der Waals surface area contributed by atoms with Crippen LogP contribution in [-0.4, -0.2) is 39.4 Å². The lowest BCUT2D eigenvalue weighted by atomic mass is 10.1. The molecule has 0 atom stereocenters. The molecule has 1 aromatic carbocycles. The summed E-state index contributed by atoms with van der Waals surface area (Å²) in [6, 6.07) is 6.63. The quantitative estimate of drug-likeness (QED) is 0.798. The Morgan fingerprint density at radius 3 is 2.36 bits per heavy atom. The third-order valence-corrected chi connectivity index (χ3v) is 3.85. The van der Waals surface area contributed by atoms with Gasteiger partial charge in [0.15, 0.2) is 0 Å². The monoisotopic (exact) mass is 342 g/mol. The number of nitrogens with zero attached hydrogens (tertiary/aromatic N) is 3. The van der Waals surface area contributed by atoms with Crippen molar-refractivity contribution in [1.29, 1.82) is 0 Å². The van der Waals surface area contributed by atoms with Crippen molar-refractivity contribution < 1.29 is 18.8 Å². The molecule has 1 aliphatic heterocycles. The molecule has 25 heavy (non-hydrogen) atoms. The molecule has 1 aromatic heterocycles. The van der Waals surface area contributed by atoms with Gasteiger partial charge in [-0.25, -0.2) is 0 Å². The van der Waals surface area contributed by atoms with Gasteiger partial charge in [0.05, 0.1) is 17.7 Å². The molecule has 0 saturated carbocycles. The van der Waals surface area contributed by atoms with Crippen molar-refractivity contribution in [3.05, 3.63) is 47.2 Å². The van der Waals surface area contributed by atoms with E-state index in [0.717, 1.165) is 4.90 Å². The van der Waals surface area contributed by atoms with Gasteiger partial charge in [-0.1, -0.05) is 26.0 Å². The van der Waals surface area contributed by atoms with Crippen LogP contribution in [0.2, 0.25) is 0 Å². The van der Waals surface area contributed by atoms with E-state index in [1.54, 1.807) is 24.3 Å². The van der Waals surface area contributed by atoms with E-state index in [0.29, 0.717) is 22.9 Å². The lowest BCUT2D eigenvalue weighted by Crippen LogP contribution is -2.34. The van der Waals surface area contributed by atoms with E-state index in [1.165, 1.54) is 0 Å². The maximum atomic E-state index is 12.2. The first kappa shape index (κ1) is 16.8. The summed E-state index contributed by atoms with van der Waals surface area (Å²) in [5.74, 6) is -0.0987. The van der Waals surface area contributed by atoms with Gasteiger partial charge >= 0.3 is 0 Å². The van der Waals surface area contributed by atoms with Crippen LogP contribution in [0.5, 0.6) is 0 Å². The van der Waals surface area contributed by atoms with Gasteiger partial charge in [0.25, 0.3) is 11.8 Å². The first-order valence-electron chi connectivity index (χ1n) is 8.01. The number of amides is 3. The number of rotatable bonds is 6. The fourth-order valence-corrected chi connectivity index (χ4v) is 2.49. The standard InChI is InChI=1S/C17H18N4O4/c1-10(2)15-20-19-14(25-15)9-18-13(22)7-8-21-16(23)11-5-3-4-6-12(11)17(21)24/h3-6,10H,7-9H2,1-2H3,(H,18,22). The van der Waals surface area contributed by atoms with Crippen molar-refractivity contribution in [2.45, 2.75) is 32.7 Å². The molecule has 2 heterocycles. The van der Waals surface area contributed by atoms with Crippen LogP contribution in [0.4, 0.5) is 0 Å². The summed E-state index contributed by atoms with van der Waals surface area (Å²) < 4.78 is 5.39. The number of carbonyl (C=O) groups is 3. The molecule has 130 valence electrons. The number of hydrogen-bond acceptors (Lipinski definition) is 6. The minimum absolute atomic E-state index is 0.0106. The van der Waals surface area contributed by atoms with Crippen molar-refractivity contribution in [3.8, 4) is 0 Å². The number of imide groups is 1. The molecule has 0 unspecified atom stereocenters. The fourth-order valence-electron chi connectivity index (χ4n) is 2.49. The third kappa shape index (κ3) is 3.42. The average molecular weight is 342 g/mol. The number of hydrogen-bond donors (Lipinski definition) is 1. The maximum Gasteiger partial charge on any atom is 0.261 e. The van der Waals surface area contributed by atoms with E-state index < -0.39 is 0 Å². The number of benzene rings is 1. The van der Waals surface area contributed by atoms with Crippen molar-refractivity contribution >= 4 is 17.7 Å². The predicted molar refractivity (Wildman–Crippen MR) is 86.7 cm³/mol. The van der Waals surface area contributed by atoms with E-state index in [2.05, 4.69) is 15.5 Å². The SMILES string of the molecule is CC(C)c1nnc(CNC(=O)CCN2C(=O)c3ccccc3C2=O)o1. The number of aromatic nitrogens is 2. The van der Waals surface area contributed by atoms with Crippen LogP contribution in [-0.2, 0) is 11.3 Å². The van der Waals surface area contributed by atoms with Crippen molar-refractivity contribution in [1.82, 2.24) is 20.4 Å². The van der Waals surface area contributed by atoms with E-state index in [-0.39, 0.29) is 43.1 Å². The van der Waals surface area contributed by atoms with Gasteiger partial charge in [-0.05, 0) is 12.1 Å². The Hall–Kier alpha value is -3.03. The Kier molecular flexibility index (Phi) is 4.60. The van der Waals surface area contributed by atoms with E-state index >= 15 is 0 Å². The van der Waals surface area contributed by atoms with Crippen LogP contribution in [0, 0.1) is 0 Å². The second-order valence-corrected chi connectivity index (χ2v) is 6.02. The van der Waals surface area contributed by atoms with Gasteiger partial charge in [-0.3, -0.25) is 19.3 Å². The molecule has 2 aromatic rings. The zero-order chi connectivity index (χ0) is 18.0. The molecule has 0 bridgehead atoms. The molecule has 0 radical (unpaired) electrons. The molecule has 1 N–H and O–H groups in total. The molecular weight excluding hydrogens is 324 g/mol. The van der Waals surface area contributed by atoms with Crippen LogP contribution in [0.3, 0.4) is 0 Å². The molecule has 3 amide bonds. The van der Waals surface area contributed by atoms with Crippen molar-refractivity contribution in [2.24, 2.45) is 0 Å². The van der Waals surface area contributed by atoms with Gasteiger partial charge in [0.2, 0.25) is 17.7 Å². The topological polar surface area (TPSA) is 105 Å². The Bertz CT molecular complexity index is 793. The highest BCUT2D eigenvalue weighted by Crippen LogP contribution is 2.22. The van der Waals surface area contributed by atoms with E-state index in [4.69, 9.17) is 4.42 Å². The van der Waals surface area contributed by atoms with E-state index in [1.807, 2.05) is 13.8 Å². The molecule has 0 fully saturated rings. The smallest absolute Gasteiger partial charge is 0.261 e. The minimum Gasteiger partial charge on any atom is -0.423 e. The third-order valence-electron chi connectivity index (χ3n) is 3.85. The Labute approximate surface area is 144 Å². The second kappa shape index (κ2) is 6.84. The molecule has 0 saturated heterocycles. The van der Waals surface area contributed by atoms with Gasteiger partial charge in [-0.15, -0.1) is 10.2 Å². The van der Waals surface area contributed by atoms with Crippen molar-refractivity contribution in [3.63, 3.8) is 0 Å². The summed E-state index contributed by atoms with van der Waals surface area (Å²) in [5, 5.41) is 10.4. The number of carbonyl (C=O) groups excluding carboxylic acids is 3. The molecule has 8 heteroatoms. The van der Waals surface area contributed by atoms with Gasteiger partial charge < -0.3 is 9.73 Å². The van der Waals surface area contributed by atoms with Gasteiger partial charge in [0.1, 0.15) is 0 Å². The summed E-state index contributed by atoms with van der Waals surface area (Å²) >= 11 is 0. The van der Waals surface area contributed by atoms with Gasteiger partial charge in [-0.2, -0.15) is 0 Å². The van der Waals surface area contributed by atoms with Crippen LogP contribution in [0.1, 0.15) is 58.7 Å². The highest BCUT2D eigenvalue weighted by atomic mass is 16.4. The van der Waals surface area contributed by atoms with Crippen LogP contribution in [0.25, 0.3) is 0 Å². The maximum absolute atomic E-state index is 12.2. The molecule has 0 spiro atoms. The Balaban J connectivity index is 1.51. The first-order chi connectivity index (χ1) is 12.0. The zero-order valence-electron chi connectivity index (χ0n) is 14.0. The summed E-state index contributed by atoms with van der Waals surface area (Å²) in [4.78, 5) is 37.5. The average Bonchev–Trinajstić information content (AvgIpc) is 3.17. The fraction of sp³-hybridized carbons (Fsp3) is 0.353. The van der Waals surface area contributed by atoms with Crippen LogP contribution < -0.4 is 5.32 Å². The van der Waals surface area contributed by atoms with Crippen LogP contribution >= 0.6 is 0 Å². The Morgan fingerprint density at radius 2 is 1.80 bits per heavy atom. The van der Waals surface area contributed by atoms with Crippen molar-refractivity contribution in [2.75, 3.05) is 6.54 Å². The molecule has 1 aliphatic rings. The Morgan fingerprint density at radius 1 is 1.16 bits per heavy atom. The molecule has 8 nitrogen and oxygen atoms in total. The van der Waals surface area contributed by atoms with E-state index in [9.17, 15) is 14.4 Å². The molecular formula is C17H18N4O4. The molecule has 0 aliphatic carbocycles. The summed E-state index contributed by atoms with van der Waals surface area (Å²) in [6.07, 6.45) is 0.0106. The van der Waals surface area contributed by atoms with Gasteiger partial charge in [0, 0.05) is 18.9 Å². The molecule has 3 rings (SSSR count). The normalized spacial score (nSPS) is 13.5. The lowest BCUT2D eigenvalue weighted by molar-refractivity contribution is -0.121. The summed E-state index contributed by atoms with van der Waals surface area (Å²) in [5.41, 5.74) is 0.750. The highest BCUT2D eigenvalue weighted by Gasteiger charge is 2.34. The largest absolute Gasteiger partial charge is 0.423 e. The summed E-state index contributed by atoms with van der Waals surface area (Å²) in [6.45, 7) is 4.00. The minimum atomic E-state index is -0.369. The zero-order valence-corrected chi connectivity index (χ0v) is 14.0. The number of fused-ring (bicyclic) bond motifs is 1. The lowest BCUT2D eigenvalue weighted by Gasteiger charge is -2.13. The first-order valence-corrected chi connectivity index (χ1v) is 8.01. The highest BCUT2D eigenvalue weighted by molar-refractivity contribution is 6.21. The van der Waals surface area contributed by atoms with Crippen LogP contribution in [0.15, 0.2) is 28.7 Å². The predicted octanol–water partition coefficient (Wildman–Crippen LogP) is 1.50. The summed E-state index contributed by atoms with van der Waals surface area (Å²) in [7, 11) is 0. The second-order valence-electron chi connectivity index (χ2n) is 6.02. The number of nitrogens with one attached hydrogen (secondary N) is 1.